The zero-order valence-corrected chi connectivity index (χ0v) is 10.4. The molecule has 0 aliphatic heterocycles. The molecule has 94 valence electrons. The van der Waals surface area contributed by atoms with Gasteiger partial charge >= 0.3 is 5.97 Å². The number of nitrogens with zero attached hydrogens (tertiary/aromatic N) is 1. The maximum atomic E-state index is 13.0. The zero-order valence-electron chi connectivity index (χ0n) is 10.4. The Bertz CT molecular complexity index is 404. The van der Waals surface area contributed by atoms with Crippen LogP contribution < -0.4 is 4.90 Å². The van der Waals surface area contributed by atoms with Crippen molar-refractivity contribution in [1.82, 2.24) is 0 Å². The van der Waals surface area contributed by atoms with Gasteiger partial charge in [-0.15, -0.1) is 0 Å². The number of carbonyl (C=O) groups is 1. The lowest BCUT2D eigenvalue weighted by molar-refractivity contribution is -0.147. The van der Waals surface area contributed by atoms with Crippen LogP contribution in [0.2, 0.25) is 0 Å². The van der Waals surface area contributed by atoms with Crippen LogP contribution in [-0.2, 0) is 4.79 Å². The molecule has 0 spiro atoms. The van der Waals surface area contributed by atoms with Gasteiger partial charge in [0.2, 0.25) is 0 Å². The van der Waals surface area contributed by atoms with Gasteiger partial charge in [-0.05, 0) is 38.5 Å². The van der Waals surface area contributed by atoms with Crippen LogP contribution in [0.15, 0.2) is 24.3 Å². The highest BCUT2D eigenvalue weighted by Gasteiger charge is 2.27. The molecular weight excluding hydrogens is 221 g/mol. The van der Waals surface area contributed by atoms with Crippen molar-refractivity contribution in [2.75, 3.05) is 18.5 Å². The van der Waals surface area contributed by atoms with Gasteiger partial charge < -0.3 is 10.0 Å². The number of hydrogen-bond acceptors (Lipinski definition) is 2. The van der Waals surface area contributed by atoms with E-state index in [0.29, 0.717) is 13.0 Å². The third kappa shape index (κ3) is 3.73. The minimum Gasteiger partial charge on any atom is -0.481 e. The first-order valence-corrected chi connectivity index (χ1v) is 5.53. The topological polar surface area (TPSA) is 40.5 Å². The Morgan fingerprint density at radius 3 is 2.65 bits per heavy atom. The van der Waals surface area contributed by atoms with Gasteiger partial charge in [0.05, 0.1) is 5.41 Å². The summed E-state index contributed by atoms with van der Waals surface area (Å²) in [5.41, 5.74) is -0.00659. The zero-order chi connectivity index (χ0) is 13.1. The molecule has 0 saturated carbocycles. The first kappa shape index (κ1) is 13.5. The molecule has 0 aromatic heterocycles. The van der Waals surface area contributed by atoms with Crippen LogP contribution in [0, 0.1) is 11.2 Å². The third-order valence-corrected chi connectivity index (χ3v) is 2.90. The van der Waals surface area contributed by atoms with Crippen LogP contribution in [0.3, 0.4) is 0 Å². The summed E-state index contributed by atoms with van der Waals surface area (Å²) < 4.78 is 13.0. The highest BCUT2D eigenvalue weighted by molar-refractivity contribution is 5.73. The molecule has 1 aromatic carbocycles. The molecule has 17 heavy (non-hydrogen) atoms. The van der Waals surface area contributed by atoms with Crippen molar-refractivity contribution in [2.45, 2.75) is 20.3 Å². The Kier molecular flexibility index (Phi) is 4.10. The molecule has 1 N–H and O–H groups in total. The summed E-state index contributed by atoms with van der Waals surface area (Å²) in [6.07, 6.45) is 0.509. The van der Waals surface area contributed by atoms with Gasteiger partial charge in [-0.1, -0.05) is 6.07 Å². The molecule has 0 heterocycles. The molecule has 0 atom stereocenters. The number of aliphatic carboxylic acids is 1. The maximum Gasteiger partial charge on any atom is 0.309 e. The summed E-state index contributed by atoms with van der Waals surface area (Å²) in [6, 6.07) is 6.27. The molecule has 0 radical (unpaired) electrons. The first-order chi connectivity index (χ1) is 7.83. The number of halogens is 1. The lowest BCUT2D eigenvalue weighted by Crippen LogP contribution is -2.30. The second-order valence-corrected chi connectivity index (χ2v) is 4.84. The van der Waals surface area contributed by atoms with Crippen molar-refractivity contribution in [3.05, 3.63) is 30.1 Å². The summed E-state index contributed by atoms with van der Waals surface area (Å²) in [4.78, 5) is 12.8. The molecule has 0 saturated heterocycles. The van der Waals surface area contributed by atoms with E-state index < -0.39 is 11.4 Å². The van der Waals surface area contributed by atoms with E-state index in [2.05, 4.69) is 0 Å². The van der Waals surface area contributed by atoms with Crippen molar-refractivity contribution in [2.24, 2.45) is 5.41 Å². The molecule has 0 unspecified atom stereocenters. The lowest BCUT2D eigenvalue weighted by atomic mass is 9.89. The average Bonchev–Trinajstić information content (AvgIpc) is 2.25. The molecule has 1 aromatic rings. The minimum atomic E-state index is -0.815. The van der Waals surface area contributed by atoms with E-state index in [4.69, 9.17) is 5.11 Å². The van der Waals surface area contributed by atoms with Crippen LogP contribution in [0.4, 0.5) is 10.1 Å². The molecule has 0 aliphatic rings. The number of anilines is 1. The predicted octanol–water partition coefficient (Wildman–Crippen LogP) is 2.76. The van der Waals surface area contributed by atoms with Gasteiger partial charge in [-0.25, -0.2) is 4.39 Å². The fourth-order valence-electron chi connectivity index (χ4n) is 1.40. The van der Waals surface area contributed by atoms with E-state index >= 15 is 0 Å². The van der Waals surface area contributed by atoms with Crippen LogP contribution in [-0.4, -0.2) is 24.7 Å². The summed E-state index contributed by atoms with van der Waals surface area (Å²) in [5.74, 6) is -1.10. The predicted molar refractivity (Wildman–Crippen MR) is 65.7 cm³/mol. The fraction of sp³-hybridized carbons (Fsp3) is 0.462. The third-order valence-electron chi connectivity index (χ3n) is 2.90. The Hall–Kier alpha value is -1.58. The van der Waals surface area contributed by atoms with E-state index in [1.54, 1.807) is 26.0 Å². The number of hydrogen-bond donors (Lipinski definition) is 1. The fourth-order valence-corrected chi connectivity index (χ4v) is 1.40. The first-order valence-electron chi connectivity index (χ1n) is 5.53. The van der Waals surface area contributed by atoms with Gasteiger partial charge in [0.25, 0.3) is 0 Å². The molecule has 0 fully saturated rings. The van der Waals surface area contributed by atoms with Gasteiger partial charge in [0.1, 0.15) is 5.82 Å². The monoisotopic (exact) mass is 239 g/mol. The molecule has 3 nitrogen and oxygen atoms in total. The summed E-state index contributed by atoms with van der Waals surface area (Å²) in [6.45, 7) is 3.95. The van der Waals surface area contributed by atoms with Gasteiger partial charge in [0.15, 0.2) is 0 Å². The van der Waals surface area contributed by atoms with Crippen LogP contribution in [0.25, 0.3) is 0 Å². The Morgan fingerprint density at radius 1 is 1.47 bits per heavy atom. The SMILES string of the molecule is CN(CCC(C)(C)C(=O)O)c1cccc(F)c1. The molecule has 0 bridgehead atoms. The number of carboxylic acids is 1. The highest BCUT2D eigenvalue weighted by Crippen LogP contribution is 2.22. The second kappa shape index (κ2) is 5.17. The van der Waals surface area contributed by atoms with Crippen LogP contribution in [0.5, 0.6) is 0 Å². The summed E-state index contributed by atoms with van der Waals surface area (Å²) >= 11 is 0. The van der Waals surface area contributed by atoms with Crippen molar-refractivity contribution in [3.8, 4) is 0 Å². The average molecular weight is 239 g/mol. The molecule has 0 aliphatic carbocycles. The lowest BCUT2D eigenvalue weighted by Gasteiger charge is -2.25. The number of benzene rings is 1. The van der Waals surface area contributed by atoms with E-state index in [1.165, 1.54) is 12.1 Å². The quantitative estimate of drug-likeness (QED) is 0.859. The van der Waals surface area contributed by atoms with Gasteiger partial charge in [-0.3, -0.25) is 4.79 Å². The Labute approximate surface area is 101 Å². The molecule has 1 rings (SSSR count). The second-order valence-electron chi connectivity index (χ2n) is 4.84. The van der Waals surface area contributed by atoms with Gasteiger partial charge in [0, 0.05) is 19.3 Å². The standard InChI is InChI=1S/C13H18FNO2/c1-13(2,12(16)17)7-8-15(3)11-6-4-5-10(14)9-11/h4-6,9H,7-8H2,1-3H3,(H,16,17). The minimum absolute atomic E-state index is 0.285. The summed E-state index contributed by atoms with van der Waals surface area (Å²) in [5, 5.41) is 8.99. The van der Waals surface area contributed by atoms with Crippen molar-refractivity contribution < 1.29 is 14.3 Å². The molecule has 4 heteroatoms. The van der Waals surface area contributed by atoms with Crippen LogP contribution >= 0.6 is 0 Å². The molecular formula is C13H18FNO2. The van der Waals surface area contributed by atoms with E-state index in [-0.39, 0.29) is 5.82 Å². The highest BCUT2D eigenvalue weighted by atomic mass is 19.1. The summed E-state index contributed by atoms with van der Waals surface area (Å²) in [7, 11) is 1.83. The van der Waals surface area contributed by atoms with Crippen molar-refractivity contribution >= 4 is 11.7 Å². The van der Waals surface area contributed by atoms with Crippen molar-refractivity contribution in [3.63, 3.8) is 0 Å². The smallest absolute Gasteiger partial charge is 0.309 e. The molecule has 0 amide bonds. The normalized spacial score (nSPS) is 11.3. The van der Waals surface area contributed by atoms with E-state index in [1.807, 2.05) is 11.9 Å². The Balaban J connectivity index is 2.62. The Morgan fingerprint density at radius 2 is 2.12 bits per heavy atom. The van der Waals surface area contributed by atoms with Crippen LogP contribution in [0.1, 0.15) is 20.3 Å². The number of carboxylic acid groups (broad SMARTS) is 1. The van der Waals surface area contributed by atoms with E-state index in [0.717, 1.165) is 5.69 Å². The van der Waals surface area contributed by atoms with E-state index in [9.17, 15) is 9.18 Å². The maximum absolute atomic E-state index is 13.0. The van der Waals surface area contributed by atoms with Crippen molar-refractivity contribution in [1.29, 1.82) is 0 Å². The number of rotatable bonds is 5. The van der Waals surface area contributed by atoms with Gasteiger partial charge in [-0.2, -0.15) is 0 Å². The largest absolute Gasteiger partial charge is 0.481 e.